The quantitative estimate of drug-likeness (QED) is 0.161. The lowest BCUT2D eigenvalue weighted by molar-refractivity contribution is 0.414. The average Bonchev–Trinajstić information content (AvgIpc) is 3.13. The van der Waals surface area contributed by atoms with E-state index in [9.17, 15) is 0 Å². The van der Waals surface area contributed by atoms with Crippen molar-refractivity contribution in [2.24, 2.45) is 0 Å². The van der Waals surface area contributed by atoms with E-state index in [2.05, 4.69) is 0 Å². The SMILES string of the molecule is COc1ccc(-c2nc3cc4nc(-c5ccc(OC)cc5)c(-c5ccc(OC)cc5)nc4nc3nc2-c2ccc(OC)cc2)cc1. The molecule has 7 aromatic rings. The summed E-state index contributed by atoms with van der Waals surface area (Å²) in [5, 5.41) is 0. The largest absolute Gasteiger partial charge is 0.497 e. The van der Waals surface area contributed by atoms with Gasteiger partial charge in [0.25, 0.3) is 0 Å². The third kappa shape index (κ3) is 5.39. The van der Waals surface area contributed by atoms with E-state index in [0.29, 0.717) is 45.1 Å². The molecule has 3 heterocycles. The lowest BCUT2D eigenvalue weighted by Crippen LogP contribution is -2.01. The summed E-state index contributed by atoms with van der Waals surface area (Å²) < 4.78 is 21.6. The van der Waals surface area contributed by atoms with Crippen LogP contribution < -0.4 is 18.9 Å². The monoisotopic (exact) mass is 607 g/mol. The molecule has 4 aromatic carbocycles. The Morgan fingerprint density at radius 3 is 0.848 bits per heavy atom. The number of rotatable bonds is 8. The molecule has 0 saturated heterocycles. The Bertz CT molecular complexity index is 1860. The smallest absolute Gasteiger partial charge is 0.181 e. The molecule has 3 aromatic heterocycles. The van der Waals surface area contributed by atoms with Crippen LogP contribution >= 0.6 is 0 Å². The molecule has 9 nitrogen and oxygen atoms in total. The van der Waals surface area contributed by atoms with Crippen molar-refractivity contribution in [1.29, 1.82) is 0 Å². The van der Waals surface area contributed by atoms with Gasteiger partial charge in [0.15, 0.2) is 11.3 Å². The minimum atomic E-state index is 0.461. The molecule has 0 amide bonds. The van der Waals surface area contributed by atoms with Crippen LogP contribution in [0.3, 0.4) is 0 Å². The number of pyridine rings is 1. The van der Waals surface area contributed by atoms with Gasteiger partial charge in [0.05, 0.1) is 51.2 Å². The van der Waals surface area contributed by atoms with Crippen molar-refractivity contribution in [2.45, 2.75) is 0 Å². The van der Waals surface area contributed by atoms with Crippen LogP contribution in [0.5, 0.6) is 23.0 Å². The van der Waals surface area contributed by atoms with E-state index in [1.165, 1.54) is 0 Å². The van der Waals surface area contributed by atoms with Gasteiger partial charge in [0.2, 0.25) is 0 Å². The Morgan fingerprint density at radius 2 is 0.587 bits per heavy atom. The van der Waals surface area contributed by atoms with E-state index in [1.54, 1.807) is 28.4 Å². The van der Waals surface area contributed by atoms with E-state index < -0.39 is 0 Å². The van der Waals surface area contributed by atoms with E-state index in [4.69, 9.17) is 43.9 Å². The van der Waals surface area contributed by atoms with Crippen LogP contribution in [-0.2, 0) is 0 Å². The fourth-order valence-electron chi connectivity index (χ4n) is 5.27. The third-order valence-electron chi connectivity index (χ3n) is 7.75. The number of nitrogens with zero attached hydrogens (tertiary/aromatic N) is 5. The zero-order valence-electron chi connectivity index (χ0n) is 25.7. The topological polar surface area (TPSA) is 101 Å². The molecule has 46 heavy (non-hydrogen) atoms. The zero-order chi connectivity index (χ0) is 31.6. The molecule has 0 N–H and O–H groups in total. The molecule has 0 aliphatic rings. The average molecular weight is 608 g/mol. The van der Waals surface area contributed by atoms with E-state index in [1.807, 2.05) is 103 Å². The van der Waals surface area contributed by atoms with Crippen LogP contribution in [0.4, 0.5) is 0 Å². The highest BCUT2D eigenvalue weighted by atomic mass is 16.5. The number of ether oxygens (including phenoxy) is 4. The van der Waals surface area contributed by atoms with Gasteiger partial charge in [0, 0.05) is 22.3 Å². The van der Waals surface area contributed by atoms with Crippen LogP contribution in [0.25, 0.3) is 67.4 Å². The third-order valence-corrected chi connectivity index (χ3v) is 7.75. The highest BCUT2D eigenvalue weighted by Gasteiger charge is 2.19. The maximum Gasteiger partial charge on any atom is 0.181 e. The Hall–Kier alpha value is -6.09. The molecule has 7 rings (SSSR count). The first kappa shape index (κ1) is 28.7. The van der Waals surface area contributed by atoms with Crippen molar-refractivity contribution in [3.05, 3.63) is 103 Å². The number of benzene rings is 4. The second-order valence-corrected chi connectivity index (χ2v) is 10.4. The predicted octanol–water partition coefficient (Wildman–Crippen LogP) is 7.67. The minimum Gasteiger partial charge on any atom is -0.497 e. The van der Waals surface area contributed by atoms with Gasteiger partial charge < -0.3 is 18.9 Å². The molecule has 0 unspecified atom stereocenters. The molecule has 0 aliphatic carbocycles. The standard InChI is InChI=1S/C37H29N5O4/c1-43-26-13-5-22(6-14-26)32-34(24-9-17-28(45-3)18-10-24)40-36-30(38-32)21-31-37(42-36)41-35(25-11-19-29(46-4)20-12-25)33(39-31)23-7-15-27(44-2)16-8-23/h5-21H,1-4H3. The fourth-order valence-corrected chi connectivity index (χ4v) is 5.27. The molecule has 0 radical (unpaired) electrons. The lowest BCUT2D eigenvalue weighted by Gasteiger charge is -2.13. The van der Waals surface area contributed by atoms with Gasteiger partial charge in [-0.2, -0.15) is 0 Å². The number of fused-ring (bicyclic) bond motifs is 2. The first-order valence-electron chi connectivity index (χ1n) is 14.5. The summed E-state index contributed by atoms with van der Waals surface area (Å²) in [6.07, 6.45) is 0. The summed E-state index contributed by atoms with van der Waals surface area (Å²) in [5.74, 6) is 3.01. The van der Waals surface area contributed by atoms with Gasteiger partial charge in [-0.25, -0.2) is 24.9 Å². The summed E-state index contributed by atoms with van der Waals surface area (Å²) in [6, 6.07) is 32.9. The number of hydrogen-bond donors (Lipinski definition) is 0. The van der Waals surface area contributed by atoms with Crippen LogP contribution in [0.2, 0.25) is 0 Å². The molecule has 0 fully saturated rings. The zero-order valence-corrected chi connectivity index (χ0v) is 25.7. The van der Waals surface area contributed by atoms with Crippen molar-refractivity contribution in [3.63, 3.8) is 0 Å². The summed E-state index contributed by atoms with van der Waals surface area (Å²) in [4.78, 5) is 25.2. The fraction of sp³-hybridized carbons (Fsp3) is 0.108. The summed E-state index contributed by atoms with van der Waals surface area (Å²) in [6.45, 7) is 0. The Morgan fingerprint density at radius 1 is 0.326 bits per heavy atom. The van der Waals surface area contributed by atoms with Gasteiger partial charge in [-0.3, -0.25) is 0 Å². The van der Waals surface area contributed by atoms with Gasteiger partial charge in [-0.15, -0.1) is 0 Å². The minimum absolute atomic E-state index is 0.461. The van der Waals surface area contributed by atoms with E-state index in [-0.39, 0.29) is 0 Å². The van der Waals surface area contributed by atoms with Crippen molar-refractivity contribution in [2.75, 3.05) is 28.4 Å². The Labute approximate surface area is 265 Å². The molecule has 226 valence electrons. The second kappa shape index (κ2) is 12.1. The number of aromatic nitrogens is 5. The summed E-state index contributed by atoms with van der Waals surface area (Å²) in [5.41, 5.74) is 8.44. The van der Waals surface area contributed by atoms with Gasteiger partial charge in [-0.05, 0) is 103 Å². The molecule has 0 aliphatic heterocycles. The van der Waals surface area contributed by atoms with Crippen molar-refractivity contribution in [1.82, 2.24) is 24.9 Å². The van der Waals surface area contributed by atoms with Crippen LogP contribution in [0.1, 0.15) is 0 Å². The number of methoxy groups -OCH3 is 4. The number of hydrogen-bond acceptors (Lipinski definition) is 9. The maximum atomic E-state index is 5.39. The van der Waals surface area contributed by atoms with Gasteiger partial charge in [-0.1, -0.05) is 0 Å². The first-order chi connectivity index (χ1) is 22.6. The van der Waals surface area contributed by atoms with Crippen molar-refractivity contribution >= 4 is 22.3 Å². The molecular formula is C37H29N5O4. The molecular weight excluding hydrogens is 578 g/mol. The van der Waals surface area contributed by atoms with Crippen molar-refractivity contribution < 1.29 is 18.9 Å². The summed E-state index contributed by atoms with van der Waals surface area (Å²) >= 11 is 0. The molecule has 0 spiro atoms. The molecule has 9 heteroatoms. The normalized spacial score (nSPS) is 11.0. The van der Waals surface area contributed by atoms with Gasteiger partial charge in [0.1, 0.15) is 34.0 Å². The molecule has 0 bridgehead atoms. The van der Waals surface area contributed by atoms with Crippen LogP contribution in [0.15, 0.2) is 103 Å². The first-order valence-corrected chi connectivity index (χ1v) is 14.5. The highest BCUT2D eigenvalue weighted by Crippen LogP contribution is 2.35. The second-order valence-electron chi connectivity index (χ2n) is 10.4. The maximum absolute atomic E-state index is 5.39. The Balaban J connectivity index is 1.46. The molecule has 0 atom stereocenters. The lowest BCUT2D eigenvalue weighted by atomic mass is 10.0. The van der Waals surface area contributed by atoms with Crippen LogP contribution in [0, 0.1) is 0 Å². The van der Waals surface area contributed by atoms with E-state index in [0.717, 1.165) is 45.3 Å². The van der Waals surface area contributed by atoms with E-state index >= 15 is 0 Å². The predicted molar refractivity (Wildman–Crippen MR) is 178 cm³/mol. The summed E-state index contributed by atoms with van der Waals surface area (Å²) in [7, 11) is 6.57. The van der Waals surface area contributed by atoms with Crippen molar-refractivity contribution in [3.8, 4) is 68.0 Å². The molecule has 0 saturated carbocycles. The highest BCUT2D eigenvalue weighted by molar-refractivity contribution is 5.92. The van der Waals surface area contributed by atoms with Gasteiger partial charge >= 0.3 is 0 Å². The Kier molecular flexibility index (Phi) is 7.56. The van der Waals surface area contributed by atoms with Crippen LogP contribution in [-0.4, -0.2) is 53.4 Å².